The third-order valence-corrected chi connectivity index (χ3v) is 4.09. The van der Waals surface area contributed by atoms with Crippen molar-refractivity contribution in [3.63, 3.8) is 0 Å². The van der Waals surface area contributed by atoms with Crippen LogP contribution >= 0.6 is 45.2 Å². The molecule has 0 radical (unpaired) electrons. The Labute approximate surface area is 113 Å². The second-order valence-electron chi connectivity index (χ2n) is 3.08. The van der Waals surface area contributed by atoms with Gasteiger partial charge in [-0.15, -0.1) is 0 Å². The third kappa shape index (κ3) is 3.53. The summed E-state index contributed by atoms with van der Waals surface area (Å²) in [5, 5.41) is 0. The normalized spacial score (nSPS) is 12.5. The van der Waals surface area contributed by atoms with E-state index in [9.17, 15) is 0 Å². The largest absolute Gasteiger partial charge is 0.0860 e. The number of alkyl halides is 1. The summed E-state index contributed by atoms with van der Waals surface area (Å²) in [6, 6.07) is 10.6. The first kappa shape index (κ1) is 12.5. The Hall–Kier alpha value is 0.420. The first-order valence-electron chi connectivity index (χ1n) is 4.78. The average molecular weight is 412 g/mol. The molecule has 0 aliphatic carbocycles. The molecule has 0 unspecified atom stereocenters. The lowest BCUT2D eigenvalue weighted by atomic mass is 10.1. The smallest absolute Gasteiger partial charge is 0.0194 e. The summed E-state index contributed by atoms with van der Waals surface area (Å²) < 4.78 is 2.64. The van der Waals surface area contributed by atoms with Gasteiger partial charge in [-0.2, -0.15) is 0 Å². The van der Waals surface area contributed by atoms with Crippen molar-refractivity contribution in [2.75, 3.05) is 4.43 Å². The van der Waals surface area contributed by atoms with Crippen LogP contribution in [0.1, 0.15) is 25.3 Å². The molecule has 0 spiro atoms. The zero-order valence-corrected chi connectivity index (χ0v) is 12.6. The van der Waals surface area contributed by atoms with Crippen LogP contribution in [-0.4, -0.2) is 4.43 Å². The Morgan fingerprint density at radius 3 is 2.36 bits per heavy atom. The minimum absolute atomic E-state index is 1.16. The second kappa shape index (κ2) is 6.82. The van der Waals surface area contributed by atoms with Gasteiger partial charge in [-0.25, -0.2) is 0 Å². The van der Waals surface area contributed by atoms with Crippen molar-refractivity contribution in [3.05, 3.63) is 41.5 Å². The highest BCUT2D eigenvalue weighted by Crippen LogP contribution is 2.29. The standard InChI is InChI=1S/C12H14I2/c1-2-10(8-9-13)12(14)11-6-4-3-5-7-11/h3-7H,2,8-9H2,1H3/b12-10-. The van der Waals surface area contributed by atoms with Crippen LogP contribution in [0.4, 0.5) is 0 Å². The van der Waals surface area contributed by atoms with Crippen molar-refractivity contribution in [2.45, 2.75) is 19.8 Å². The van der Waals surface area contributed by atoms with Gasteiger partial charge in [-0.3, -0.25) is 0 Å². The molecule has 0 saturated carbocycles. The zero-order valence-electron chi connectivity index (χ0n) is 8.26. The number of benzene rings is 1. The van der Waals surface area contributed by atoms with Crippen LogP contribution in [0.5, 0.6) is 0 Å². The molecule has 0 fully saturated rings. The average Bonchev–Trinajstić information content (AvgIpc) is 2.26. The minimum Gasteiger partial charge on any atom is -0.0860 e. The lowest BCUT2D eigenvalue weighted by Gasteiger charge is -2.07. The van der Waals surface area contributed by atoms with Gasteiger partial charge in [0.1, 0.15) is 0 Å². The molecule has 0 amide bonds. The van der Waals surface area contributed by atoms with E-state index in [4.69, 9.17) is 0 Å². The molecule has 0 nitrogen and oxygen atoms in total. The van der Waals surface area contributed by atoms with Crippen LogP contribution in [0, 0.1) is 0 Å². The molecule has 0 aliphatic heterocycles. The summed E-state index contributed by atoms with van der Waals surface area (Å²) in [5.41, 5.74) is 2.93. The van der Waals surface area contributed by atoms with E-state index in [1.165, 1.54) is 20.0 Å². The van der Waals surface area contributed by atoms with Gasteiger partial charge < -0.3 is 0 Å². The van der Waals surface area contributed by atoms with Gasteiger partial charge in [0.05, 0.1) is 0 Å². The Kier molecular flexibility index (Phi) is 6.09. The number of halogens is 2. The quantitative estimate of drug-likeness (QED) is 0.479. The van der Waals surface area contributed by atoms with Gasteiger partial charge in [0.15, 0.2) is 0 Å². The van der Waals surface area contributed by atoms with Crippen molar-refractivity contribution in [2.24, 2.45) is 0 Å². The summed E-state index contributed by atoms with van der Waals surface area (Å²) in [6.45, 7) is 2.24. The van der Waals surface area contributed by atoms with E-state index in [1.807, 2.05) is 0 Å². The fourth-order valence-electron chi connectivity index (χ4n) is 1.34. The summed E-state index contributed by atoms with van der Waals surface area (Å²) >= 11 is 4.91. The number of rotatable bonds is 4. The molecule has 14 heavy (non-hydrogen) atoms. The molecule has 0 aliphatic rings. The van der Waals surface area contributed by atoms with E-state index < -0.39 is 0 Å². The highest BCUT2D eigenvalue weighted by Gasteiger charge is 2.03. The van der Waals surface area contributed by atoms with Gasteiger partial charge in [-0.1, -0.05) is 65.4 Å². The van der Waals surface area contributed by atoms with Gasteiger partial charge in [0.2, 0.25) is 0 Å². The highest BCUT2D eigenvalue weighted by atomic mass is 127. The number of allylic oxidation sites excluding steroid dienone is 1. The number of hydrogen-bond donors (Lipinski definition) is 0. The third-order valence-electron chi connectivity index (χ3n) is 2.16. The van der Waals surface area contributed by atoms with E-state index in [-0.39, 0.29) is 0 Å². The van der Waals surface area contributed by atoms with Crippen molar-refractivity contribution < 1.29 is 0 Å². The predicted octanol–water partition coefficient (Wildman–Crippen LogP) is 5.07. The summed E-state index contributed by atoms with van der Waals surface area (Å²) in [4.78, 5) is 0. The van der Waals surface area contributed by atoms with E-state index >= 15 is 0 Å². The SMILES string of the molecule is CC/C(CCI)=C(/I)c1ccccc1. The minimum atomic E-state index is 1.16. The molecule has 2 heteroatoms. The van der Waals surface area contributed by atoms with Gasteiger partial charge >= 0.3 is 0 Å². The highest BCUT2D eigenvalue weighted by molar-refractivity contribution is 14.1. The maximum atomic E-state index is 2.47. The first-order valence-corrected chi connectivity index (χ1v) is 7.39. The zero-order chi connectivity index (χ0) is 10.4. The lowest BCUT2D eigenvalue weighted by molar-refractivity contribution is 1.01. The van der Waals surface area contributed by atoms with Crippen LogP contribution < -0.4 is 0 Å². The predicted molar refractivity (Wildman–Crippen MR) is 81.2 cm³/mol. The Balaban J connectivity index is 2.95. The van der Waals surface area contributed by atoms with Crippen molar-refractivity contribution in [1.29, 1.82) is 0 Å². The Bertz CT molecular complexity index is 301. The molecule has 0 atom stereocenters. The van der Waals surface area contributed by atoms with E-state index in [0.29, 0.717) is 0 Å². The summed E-state index contributed by atoms with van der Waals surface area (Å²) in [6.07, 6.45) is 2.38. The molecular weight excluding hydrogens is 398 g/mol. The molecule has 0 N–H and O–H groups in total. The second-order valence-corrected chi connectivity index (χ2v) is 5.23. The van der Waals surface area contributed by atoms with Gasteiger partial charge in [0.25, 0.3) is 0 Å². The van der Waals surface area contributed by atoms with Gasteiger partial charge in [-0.05, 0) is 41.0 Å². The first-order chi connectivity index (χ1) is 6.79. The molecular formula is C12H14I2. The van der Waals surface area contributed by atoms with Crippen molar-refractivity contribution in [1.82, 2.24) is 0 Å². The summed E-state index contributed by atoms with van der Waals surface area (Å²) in [5.74, 6) is 0. The number of hydrogen-bond acceptors (Lipinski definition) is 0. The topological polar surface area (TPSA) is 0 Å². The van der Waals surface area contributed by atoms with E-state index in [2.05, 4.69) is 82.4 Å². The molecule has 0 saturated heterocycles. The monoisotopic (exact) mass is 412 g/mol. The summed E-state index contributed by atoms with van der Waals surface area (Å²) in [7, 11) is 0. The van der Waals surface area contributed by atoms with Crippen LogP contribution in [0.3, 0.4) is 0 Å². The van der Waals surface area contributed by atoms with Crippen LogP contribution in [0.15, 0.2) is 35.9 Å². The van der Waals surface area contributed by atoms with Crippen LogP contribution in [0.2, 0.25) is 0 Å². The van der Waals surface area contributed by atoms with Crippen molar-refractivity contribution >= 4 is 48.8 Å². The Morgan fingerprint density at radius 1 is 1.21 bits per heavy atom. The van der Waals surface area contributed by atoms with Crippen molar-refractivity contribution in [3.8, 4) is 0 Å². The molecule has 0 bridgehead atoms. The lowest BCUT2D eigenvalue weighted by Crippen LogP contribution is -1.87. The van der Waals surface area contributed by atoms with E-state index in [0.717, 1.165) is 6.42 Å². The van der Waals surface area contributed by atoms with E-state index in [1.54, 1.807) is 5.57 Å². The molecule has 76 valence electrons. The molecule has 0 aromatic heterocycles. The molecule has 1 rings (SSSR count). The van der Waals surface area contributed by atoms with Crippen LogP contribution in [0.25, 0.3) is 3.58 Å². The van der Waals surface area contributed by atoms with Gasteiger partial charge in [0, 0.05) is 8.01 Å². The van der Waals surface area contributed by atoms with Crippen LogP contribution in [-0.2, 0) is 0 Å². The fraction of sp³-hybridized carbons (Fsp3) is 0.333. The molecule has 1 aromatic rings. The molecule has 1 aromatic carbocycles. The molecule has 0 heterocycles. The maximum absolute atomic E-state index is 2.47. The fourth-order valence-corrected chi connectivity index (χ4v) is 3.01. The Morgan fingerprint density at radius 2 is 1.86 bits per heavy atom. The maximum Gasteiger partial charge on any atom is 0.0194 e.